The van der Waals surface area contributed by atoms with Gasteiger partial charge in [-0.1, -0.05) is 30.3 Å². The number of β-lactam (4-membered cyclic amide) rings is 1. The van der Waals surface area contributed by atoms with Crippen molar-refractivity contribution in [3.05, 3.63) is 54.2 Å². The maximum atomic E-state index is 12.3. The zero-order chi connectivity index (χ0) is 19.0. The molecule has 2 atom stereocenters. The lowest BCUT2D eigenvalue weighted by Gasteiger charge is -2.48. The van der Waals surface area contributed by atoms with Crippen molar-refractivity contribution in [2.45, 2.75) is 16.3 Å². The summed E-state index contributed by atoms with van der Waals surface area (Å²) in [6.45, 7) is 0. The first kappa shape index (κ1) is 17.9. The summed E-state index contributed by atoms with van der Waals surface area (Å²) in [4.78, 5) is 38.0. The third-order valence-corrected chi connectivity index (χ3v) is 6.65. The summed E-state index contributed by atoms with van der Waals surface area (Å²) in [6.07, 6.45) is 1.52. The van der Waals surface area contributed by atoms with Crippen molar-refractivity contribution in [1.82, 2.24) is 10.2 Å². The molecule has 2 aliphatic heterocycles. The number of nitrogens with one attached hydrogen (secondary N) is 1. The summed E-state index contributed by atoms with van der Waals surface area (Å²) >= 11 is 2.85. The minimum Gasteiger partial charge on any atom is -0.477 e. The molecule has 1 saturated heterocycles. The average Bonchev–Trinajstić information content (AvgIpc) is 2.69. The lowest BCUT2D eigenvalue weighted by atomic mass is 10.1. The molecule has 0 aromatic heterocycles. The van der Waals surface area contributed by atoms with Crippen molar-refractivity contribution in [3.8, 4) is 0 Å². The van der Waals surface area contributed by atoms with Crippen LogP contribution in [0.1, 0.15) is 0 Å². The van der Waals surface area contributed by atoms with Gasteiger partial charge in [-0.3, -0.25) is 14.5 Å². The molecule has 138 valence electrons. The molecule has 2 aromatic carbocycles. The SMILES string of the molecule is O=C(CSc1ccc2ccccc2c1)NC1C(=O)N2C(C(=O)O)=CCSC12. The molecular weight excluding hydrogens is 384 g/mol. The Balaban J connectivity index is 1.35. The van der Waals surface area contributed by atoms with Crippen LogP contribution in [0, 0.1) is 0 Å². The van der Waals surface area contributed by atoms with Crippen molar-refractivity contribution in [1.29, 1.82) is 0 Å². The Kier molecular flexibility index (Phi) is 4.84. The van der Waals surface area contributed by atoms with Crippen LogP contribution in [0.25, 0.3) is 10.8 Å². The molecule has 2 heterocycles. The highest BCUT2D eigenvalue weighted by atomic mass is 32.2. The topological polar surface area (TPSA) is 86.7 Å². The number of carbonyl (C=O) groups excluding carboxylic acids is 2. The number of aliphatic carboxylic acids is 1. The van der Waals surface area contributed by atoms with Gasteiger partial charge in [0.25, 0.3) is 5.91 Å². The molecule has 4 rings (SSSR count). The van der Waals surface area contributed by atoms with Crippen LogP contribution in [0.4, 0.5) is 0 Å². The van der Waals surface area contributed by atoms with Crippen molar-refractivity contribution in [2.75, 3.05) is 11.5 Å². The number of carbonyl (C=O) groups is 3. The van der Waals surface area contributed by atoms with Gasteiger partial charge >= 0.3 is 5.97 Å². The summed E-state index contributed by atoms with van der Waals surface area (Å²) in [5, 5.41) is 13.8. The Morgan fingerprint density at radius 1 is 1.22 bits per heavy atom. The predicted octanol–water partition coefficient (Wildman–Crippen LogP) is 2.30. The quantitative estimate of drug-likeness (QED) is 0.592. The third-order valence-electron chi connectivity index (χ3n) is 4.47. The second-order valence-electron chi connectivity index (χ2n) is 6.17. The molecule has 8 heteroatoms. The fraction of sp³-hybridized carbons (Fsp3) is 0.211. The summed E-state index contributed by atoms with van der Waals surface area (Å²) in [5.41, 5.74) is -0.000197. The van der Waals surface area contributed by atoms with Gasteiger partial charge in [-0.2, -0.15) is 0 Å². The van der Waals surface area contributed by atoms with Gasteiger partial charge in [0, 0.05) is 10.6 Å². The number of thioether (sulfide) groups is 2. The van der Waals surface area contributed by atoms with Gasteiger partial charge in [-0.15, -0.1) is 23.5 Å². The average molecular weight is 400 g/mol. The minimum atomic E-state index is -1.12. The fourth-order valence-electron chi connectivity index (χ4n) is 3.16. The van der Waals surface area contributed by atoms with Crippen LogP contribution in [-0.4, -0.2) is 50.7 Å². The molecule has 1 fully saturated rings. The maximum absolute atomic E-state index is 12.3. The monoisotopic (exact) mass is 400 g/mol. The van der Waals surface area contributed by atoms with Gasteiger partial charge < -0.3 is 10.4 Å². The summed E-state index contributed by atoms with van der Waals surface area (Å²) in [7, 11) is 0. The van der Waals surface area contributed by atoms with E-state index in [0.29, 0.717) is 5.75 Å². The van der Waals surface area contributed by atoms with E-state index >= 15 is 0 Å². The molecule has 0 spiro atoms. The van der Waals surface area contributed by atoms with Crippen molar-refractivity contribution >= 4 is 52.1 Å². The lowest BCUT2D eigenvalue weighted by Crippen LogP contribution is -2.70. The molecule has 0 saturated carbocycles. The van der Waals surface area contributed by atoms with E-state index in [9.17, 15) is 14.4 Å². The molecule has 0 aliphatic carbocycles. The number of hydrogen-bond donors (Lipinski definition) is 2. The highest BCUT2D eigenvalue weighted by Crippen LogP contribution is 2.37. The van der Waals surface area contributed by atoms with E-state index in [1.807, 2.05) is 42.5 Å². The summed E-state index contributed by atoms with van der Waals surface area (Å²) in [6, 6.07) is 13.4. The van der Waals surface area contributed by atoms with Crippen LogP contribution in [0.2, 0.25) is 0 Å². The first-order valence-corrected chi connectivity index (χ1v) is 10.4. The van der Waals surface area contributed by atoms with E-state index in [4.69, 9.17) is 5.11 Å². The van der Waals surface area contributed by atoms with Gasteiger partial charge in [-0.25, -0.2) is 4.79 Å². The molecule has 6 nitrogen and oxygen atoms in total. The Morgan fingerprint density at radius 3 is 2.78 bits per heavy atom. The molecule has 27 heavy (non-hydrogen) atoms. The number of nitrogens with zero attached hydrogens (tertiary/aromatic N) is 1. The molecule has 2 N–H and O–H groups in total. The minimum absolute atomic E-state index is 0.000197. The number of carboxylic acid groups (broad SMARTS) is 1. The van der Waals surface area contributed by atoms with E-state index in [-0.39, 0.29) is 28.6 Å². The van der Waals surface area contributed by atoms with Crippen LogP contribution in [0.15, 0.2) is 59.1 Å². The van der Waals surface area contributed by atoms with Gasteiger partial charge in [0.05, 0.1) is 5.75 Å². The first-order valence-electron chi connectivity index (χ1n) is 8.34. The lowest BCUT2D eigenvalue weighted by molar-refractivity contribution is -0.150. The van der Waals surface area contributed by atoms with Crippen LogP contribution >= 0.6 is 23.5 Å². The van der Waals surface area contributed by atoms with Gasteiger partial charge in [0.1, 0.15) is 17.1 Å². The fourth-order valence-corrected chi connectivity index (χ4v) is 5.11. The van der Waals surface area contributed by atoms with Gasteiger partial charge in [0.2, 0.25) is 5.91 Å². The zero-order valence-electron chi connectivity index (χ0n) is 14.1. The summed E-state index contributed by atoms with van der Waals surface area (Å²) in [5.74, 6) is -1.02. The van der Waals surface area contributed by atoms with Crippen molar-refractivity contribution in [2.24, 2.45) is 0 Å². The van der Waals surface area contributed by atoms with Crippen LogP contribution in [0.5, 0.6) is 0 Å². The Bertz CT molecular complexity index is 975. The zero-order valence-corrected chi connectivity index (χ0v) is 15.8. The number of rotatable bonds is 5. The van der Waals surface area contributed by atoms with E-state index < -0.39 is 12.0 Å². The number of carboxylic acids is 1. The molecule has 2 amide bonds. The third kappa shape index (κ3) is 3.42. The van der Waals surface area contributed by atoms with E-state index in [1.165, 1.54) is 34.5 Å². The Hall–Kier alpha value is -2.45. The van der Waals surface area contributed by atoms with Gasteiger partial charge in [0.15, 0.2) is 0 Å². The maximum Gasteiger partial charge on any atom is 0.352 e. The molecule has 2 aliphatic rings. The molecule has 0 bridgehead atoms. The van der Waals surface area contributed by atoms with Crippen LogP contribution in [-0.2, 0) is 14.4 Å². The van der Waals surface area contributed by atoms with Crippen LogP contribution in [0.3, 0.4) is 0 Å². The van der Waals surface area contributed by atoms with E-state index in [1.54, 1.807) is 0 Å². The Labute approximate surface area is 164 Å². The molecular formula is C19H16N2O4S2. The van der Waals surface area contributed by atoms with Gasteiger partial charge in [-0.05, 0) is 29.0 Å². The highest BCUT2D eigenvalue weighted by Gasteiger charge is 2.52. The van der Waals surface area contributed by atoms with E-state index in [0.717, 1.165) is 15.7 Å². The molecule has 0 radical (unpaired) electrons. The Morgan fingerprint density at radius 2 is 2.00 bits per heavy atom. The van der Waals surface area contributed by atoms with E-state index in [2.05, 4.69) is 5.32 Å². The largest absolute Gasteiger partial charge is 0.477 e. The van der Waals surface area contributed by atoms with Crippen molar-refractivity contribution < 1.29 is 19.5 Å². The highest BCUT2D eigenvalue weighted by molar-refractivity contribution is 8.00. The standard InChI is InChI=1S/C19H16N2O4S2/c22-15(10-27-13-6-5-11-3-1-2-4-12(11)9-13)20-16-17(23)21-14(19(24)25)7-8-26-18(16)21/h1-7,9,16,18H,8,10H2,(H,20,22)(H,24,25). The predicted molar refractivity (Wildman–Crippen MR) is 105 cm³/mol. The second-order valence-corrected chi connectivity index (χ2v) is 8.37. The second kappa shape index (κ2) is 7.28. The number of hydrogen-bond acceptors (Lipinski definition) is 5. The van der Waals surface area contributed by atoms with Crippen molar-refractivity contribution in [3.63, 3.8) is 0 Å². The number of fused-ring (bicyclic) bond motifs is 2. The number of benzene rings is 2. The number of amides is 2. The normalized spacial score (nSPS) is 21.3. The first-order chi connectivity index (χ1) is 13.0. The molecule has 2 unspecified atom stereocenters. The summed E-state index contributed by atoms with van der Waals surface area (Å²) < 4.78 is 0. The van der Waals surface area contributed by atoms with Crippen LogP contribution < -0.4 is 5.32 Å². The molecule has 2 aromatic rings. The smallest absolute Gasteiger partial charge is 0.352 e.